The number of carboxylic acids is 1. The van der Waals surface area contributed by atoms with Gasteiger partial charge in [-0.15, -0.1) is 0 Å². The first-order valence-corrected chi connectivity index (χ1v) is 8.31. The fourth-order valence-corrected chi connectivity index (χ4v) is 4.06. The fourth-order valence-electron chi connectivity index (χ4n) is 2.39. The van der Waals surface area contributed by atoms with E-state index in [0.717, 1.165) is 0 Å². The maximum Gasteiger partial charge on any atom is 0.332 e. The average molecular weight is 306 g/mol. The first kappa shape index (κ1) is 15.0. The van der Waals surface area contributed by atoms with Gasteiger partial charge in [-0.3, -0.25) is 0 Å². The van der Waals surface area contributed by atoms with Gasteiger partial charge in [-0.25, -0.2) is 18.0 Å². The van der Waals surface area contributed by atoms with Crippen molar-refractivity contribution in [2.24, 2.45) is 0 Å². The molecule has 0 aromatic heterocycles. The first-order valence-electron chi connectivity index (χ1n) is 6.49. The lowest BCUT2D eigenvalue weighted by Crippen LogP contribution is -2.45. The SMILES string of the molecule is O=C(NCC1CCC(C(=O)O)O1)NC1CCS(=O)(=O)C1. The van der Waals surface area contributed by atoms with Crippen molar-refractivity contribution >= 4 is 21.8 Å². The first-order chi connectivity index (χ1) is 9.35. The predicted octanol–water partition coefficient (Wildman–Crippen LogP) is -0.895. The molecule has 0 aromatic carbocycles. The van der Waals surface area contributed by atoms with Crippen LogP contribution in [0.25, 0.3) is 0 Å². The van der Waals surface area contributed by atoms with Crippen LogP contribution in [-0.4, -0.2) is 61.8 Å². The van der Waals surface area contributed by atoms with Gasteiger partial charge in [-0.05, 0) is 19.3 Å². The summed E-state index contributed by atoms with van der Waals surface area (Å²) in [5.74, 6) is -0.918. The molecule has 2 aliphatic heterocycles. The highest BCUT2D eigenvalue weighted by Gasteiger charge is 2.31. The fraction of sp³-hybridized carbons (Fsp3) is 0.818. The minimum Gasteiger partial charge on any atom is -0.479 e. The molecule has 3 unspecified atom stereocenters. The van der Waals surface area contributed by atoms with Crippen molar-refractivity contribution in [3.8, 4) is 0 Å². The van der Waals surface area contributed by atoms with Gasteiger partial charge in [0.1, 0.15) is 0 Å². The quantitative estimate of drug-likeness (QED) is 0.619. The summed E-state index contributed by atoms with van der Waals surface area (Å²) in [4.78, 5) is 22.3. The highest BCUT2D eigenvalue weighted by Crippen LogP contribution is 2.19. The van der Waals surface area contributed by atoms with Gasteiger partial charge >= 0.3 is 12.0 Å². The monoisotopic (exact) mass is 306 g/mol. The van der Waals surface area contributed by atoms with Crippen LogP contribution in [0.3, 0.4) is 0 Å². The van der Waals surface area contributed by atoms with Crippen LogP contribution in [0.4, 0.5) is 4.79 Å². The van der Waals surface area contributed by atoms with Crippen molar-refractivity contribution in [3.05, 3.63) is 0 Å². The van der Waals surface area contributed by atoms with E-state index in [0.29, 0.717) is 19.3 Å². The summed E-state index contributed by atoms with van der Waals surface area (Å²) in [6.45, 7) is 0.217. The normalized spacial score (nSPS) is 31.9. The van der Waals surface area contributed by atoms with Gasteiger partial charge in [0.25, 0.3) is 0 Å². The molecule has 2 aliphatic rings. The Morgan fingerprint density at radius 3 is 2.55 bits per heavy atom. The van der Waals surface area contributed by atoms with Gasteiger partial charge < -0.3 is 20.5 Å². The van der Waals surface area contributed by atoms with Crippen molar-refractivity contribution in [1.82, 2.24) is 10.6 Å². The van der Waals surface area contributed by atoms with Crippen LogP contribution in [0, 0.1) is 0 Å². The largest absolute Gasteiger partial charge is 0.479 e. The number of aliphatic carboxylic acids is 1. The van der Waals surface area contributed by atoms with E-state index < -0.39 is 27.9 Å². The number of ether oxygens (including phenoxy) is 1. The van der Waals surface area contributed by atoms with Gasteiger partial charge in [0.05, 0.1) is 17.6 Å². The Morgan fingerprint density at radius 1 is 1.25 bits per heavy atom. The molecule has 2 saturated heterocycles. The smallest absolute Gasteiger partial charge is 0.332 e. The molecule has 0 aliphatic carbocycles. The Bertz CT molecular complexity index is 491. The molecule has 3 atom stereocenters. The molecule has 2 fully saturated rings. The molecule has 3 N–H and O–H groups in total. The Kier molecular flexibility index (Phi) is 4.48. The van der Waals surface area contributed by atoms with Crippen molar-refractivity contribution in [2.75, 3.05) is 18.1 Å². The number of amides is 2. The molecular weight excluding hydrogens is 288 g/mol. The third-order valence-electron chi connectivity index (χ3n) is 3.44. The molecule has 2 heterocycles. The van der Waals surface area contributed by atoms with Gasteiger partial charge in [0.15, 0.2) is 15.9 Å². The summed E-state index contributed by atoms with van der Waals surface area (Å²) < 4.78 is 27.7. The molecular formula is C11H18N2O6S. The summed E-state index contributed by atoms with van der Waals surface area (Å²) >= 11 is 0. The molecule has 2 amide bonds. The molecule has 0 bridgehead atoms. The zero-order valence-electron chi connectivity index (χ0n) is 10.9. The number of carbonyl (C=O) groups is 2. The molecule has 0 aromatic rings. The van der Waals surface area contributed by atoms with Crippen LogP contribution in [-0.2, 0) is 19.4 Å². The van der Waals surface area contributed by atoms with E-state index in [1.807, 2.05) is 0 Å². The number of rotatable bonds is 4. The van der Waals surface area contributed by atoms with E-state index in [4.69, 9.17) is 9.84 Å². The lowest BCUT2D eigenvalue weighted by Gasteiger charge is -2.15. The maximum absolute atomic E-state index is 11.6. The third kappa shape index (κ3) is 4.07. The summed E-state index contributed by atoms with van der Waals surface area (Å²) in [6, 6.07) is -0.800. The molecule has 9 heteroatoms. The van der Waals surface area contributed by atoms with E-state index >= 15 is 0 Å². The summed E-state index contributed by atoms with van der Waals surface area (Å²) in [7, 11) is -3.02. The molecule has 0 radical (unpaired) electrons. The van der Waals surface area contributed by atoms with Crippen LogP contribution in [0.5, 0.6) is 0 Å². The molecule has 0 spiro atoms. The summed E-state index contributed by atoms with van der Waals surface area (Å²) in [6.07, 6.45) is 0.328. The number of hydrogen-bond acceptors (Lipinski definition) is 5. The Morgan fingerprint density at radius 2 is 2.00 bits per heavy atom. The van der Waals surface area contributed by atoms with E-state index in [1.165, 1.54) is 0 Å². The lowest BCUT2D eigenvalue weighted by molar-refractivity contribution is -0.149. The zero-order chi connectivity index (χ0) is 14.8. The highest BCUT2D eigenvalue weighted by molar-refractivity contribution is 7.91. The average Bonchev–Trinajstić information content (AvgIpc) is 2.93. The molecule has 8 nitrogen and oxygen atoms in total. The maximum atomic E-state index is 11.6. The number of urea groups is 1. The highest BCUT2D eigenvalue weighted by atomic mass is 32.2. The number of carbonyl (C=O) groups excluding carboxylic acids is 1. The van der Waals surface area contributed by atoms with Crippen LogP contribution < -0.4 is 10.6 Å². The lowest BCUT2D eigenvalue weighted by atomic mass is 10.2. The Balaban J connectivity index is 1.67. The van der Waals surface area contributed by atoms with E-state index in [-0.39, 0.29) is 30.2 Å². The molecule has 0 saturated carbocycles. The standard InChI is InChI=1S/C11H18N2O6S/c14-10(15)9-2-1-8(19-9)5-12-11(16)13-7-3-4-20(17,18)6-7/h7-9H,1-6H2,(H,14,15)(H2,12,13,16). The summed E-state index contributed by atoms with van der Waals surface area (Å²) in [5.41, 5.74) is 0. The predicted molar refractivity (Wildman–Crippen MR) is 69.1 cm³/mol. The number of hydrogen-bond donors (Lipinski definition) is 3. The van der Waals surface area contributed by atoms with Crippen LogP contribution in [0.1, 0.15) is 19.3 Å². The molecule has 20 heavy (non-hydrogen) atoms. The van der Waals surface area contributed by atoms with Crippen molar-refractivity contribution < 1.29 is 27.9 Å². The second-order valence-electron chi connectivity index (χ2n) is 5.12. The second-order valence-corrected chi connectivity index (χ2v) is 7.35. The van der Waals surface area contributed by atoms with Crippen LogP contribution in [0.15, 0.2) is 0 Å². The van der Waals surface area contributed by atoms with Gasteiger partial charge in [0.2, 0.25) is 0 Å². The van der Waals surface area contributed by atoms with Crippen LogP contribution in [0.2, 0.25) is 0 Å². The number of nitrogens with one attached hydrogen (secondary N) is 2. The van der Waals surface area contributed by atoms with E-state index in [2.05, 4.69) is 10.6 Å². The summed E-state index contributed by atoms with van der Waals surface area (Å²) in [5, 5.41) is 13.9. The van der Waals surface area contributed by atoms with Gasteiger partial charge in [0, 0.05) is 12.6 Å². The number of sulfone groups is 1. The minimum absolute atomic E-state index is 0.0264. The van der Waals surface area contributed by atoms with Gasteiger partial charge in [-0.2, -0.15) is 0 Å². The zero-order valence-corrected chi connectivity index (χ0v) is 11.7. The second kappa shape index (κ2) is 5.96. The van der Waals surface area contributed by atoms with Crippen LogP contribution >= 0.6 is 0 Å². The van der Waals surface area contributed by atoms with E-state index in [1.54, 1.807) is 0 Å². The minimum atomic E-state index is -3.02. The Hall–Kier alpha value is -1.35. The van der Waals surface area contributed by atoms with Crippen molar-refractivity contribution in [2.45, 2.75) is 37.5 Å². The molecule has 114 valence electrons. The Labute approximate surface area is 116 Å². The topological polar surface area (TPSA) is 122 Å². The third-order valence-corrected chi connectivity index (χ3v) is 5.21. The number of carboxylic acid groups (broad SMARTS) is 1. The van der Waals surface area contributed by atoms with E-state index in [9.17, 15) is 18.0 Å². The molecule has 2 rings (SSSR count). The van der Waals surface area contributed by atoms with Crippen molar-refractivity contribution in [1.29, 1.82) is 0 Å². The van der Waals surface area contributed by atoms with Crippen molar-refractivity contribution in [3.63, 3.8) is 0 Å². The van der Waals surface area contributed by atoms with Gasteiger partial charge in [-0.1, -0.05) is 0 Å².